The Bertz CT molecular complexity index is 883. The van der Waals surface area contributed by atoms with Crippen molar-refractivity contribution < 1.29 is 14.3 Å². The van der Waals surface area contributed by atoms with Crippen molar-refractivity contribution >= 4 is 22.5 Å². The molecule has 0 atom stereocenters. The van der Waals surface area contributed by atoms with E-state index >= 15 is 0 Å². The topological polar surface area (TPSA) is 52.5 Å². The Morgan fingerprint density at radius 2 is 1.95 bits per heavy atom. The van der Waals surface area contributed by atoms with E-state index in [0.29, 0.717) is 17.1 Å². The van der Waals surface area contributed by atoms with Gasteiger partial charge in [0.05, 0.1) is 0 Å². The summed E-state index contributed by atoms with van der Waals surface area (Å²) in [6.07, 6.45) is 1.99. The van der Waals surface area contributed by atoms with E-state index in [9.17, 15) is 4.79 Å². The zero-order valence-electron chi connectivity index (χ0n) is 12.0. The largest absolute Gasteiger partial charge is 0.454 e. The molecule has 1 aromatic heterocycles. The number of anilines is 1. The van der Waals surface area contributed by atoms with E-state index < -0.39 is 0 Å². The third-order valence-electron chi connectivity index (χ3n) is 3.78. The molecule has 0 unspecified atom stereocenters. The molecule has 22 heavy (non-hydrogen) atoms. The highest BCUT2D eigenvalue weighted by molar-refractivity contribution is 6.05. The number of aromatic nitrogens is 1. The van der Waals surface area contributed by atoms with Crippen LogP contribution in [0.1, 0.15) is 10.4 Å². The van der Waals surface area contributed by atoms with Crippen LogP contribution in [0.15, 0.2) is 48.7 Å². The van der Waals surface area contributed by atoms with Gasteiger partial charge in [0.2, 0.25) is 6.79 Å². The molecular weight excluding hydrogens is 280 g/mol. The Morgan fingerprint density at radius 3 is 2.86 bits per heavy atom. The molecule has 0 fully saturated rings. The van der Waals surface area contributed by atoms with Gasteiger partial charge in [-0.3, -0.25) is 4.79 Å². The summed E-state index contributed by atoms with van der Waals surface area (Å²) in [6, 6.07) is 13.0. The van der Waals surface area contributed by atoms with Crippen LogP contribution in [0.5, 0.6) is 11.5 Å². The van der Waals surface area contributed by atoms with Gasteiger partial charge < -0.3 is 19.4 Å². The summed E-state index contributed by atoms with van der Waals surface area (Å²) in [4.78, 5) is 12.3. The Morgan fingerprint density at radius 1 is 1.09 bits per heavy atom. The van der Waals surface area contributed by atoms with Crippen LogP contribution >= 0.6 is 0 Å². The number of benzene rings is 2. The number of rotatable bonds is 2. The van der Waals surface area contributed by atoms with E-state index in [1.807, 2.05) is 42.1 Å². The van der Waals surface area contributed by atoms with Crippen LogP contribution in [0.2, 0.25) is 0 Å². The monoisotopic (exact) mass is 294 g/mol. The van der Waals surface area contributed by atoms with Crippen molar-refractivity contribution in [2.24, 2.45) is 7.05 Å². The number of fused-ring (bicyclic) bond motifs is 2. The minimum absolute atomic E-state index is 0.173. The number of ether oxygens (including phenoxy) is 2. The Labute approximate surface area is 127 Å². The van der Waals surface area contributed by atoms with Gasteiger partial charge in [-0.25, -0.2) is 0 Å². The number of amides is 1. The number of nitrogens with one attached hydrogen (secondary N) is 1. The minimum atomic E-state index is -0.173. The Kier molecular flexibility index (Phi) is 2.79. The van der Waals surface area contributed by atoms with Crippen LogP contribution in [-0.2, 0) is 7.05 Å². The average molecular weight is 294 g/mol. The molecule has 1 N–H and O–H groups in total. The first-order valence-corrected chi connectivity index (χ1v) is 6.97. The molecule has 0 bridgehead atoms. The number of hydrogen-bond acceptors (Lipinski definition) is 3. The fraction of sp³-hybridized carbons (Fsp3) is 0.118. The van der Waals surface area contributed by atoms with Gasteiger partial charge in [0.1, 0.15) is 0 Å². The van der Waals surface area contributed by atoms with Gasteiger partial charge in [-0.15, -0.1) is 0 Å². The van der Waals surface area contributed by atoms with E-state index in [2.05, 4.69) is 5.32 Å². The van der Waals surface area contributed by atoms with Crippen LogP contribution in [0.25, 0.3) is 10.9 Å². The molecule has 5 nitrogen and oxygen atoms in total. The summed E-state index contributed by atoms with van der Waals surface area (Å²) in [5.74, 6) is 1.10. The molecule has 1 aliphatic heterocycles. The van der Waals surface area contributed by atoms with Crippen molar-refractivity contribution in [2.45, 2.75) is 0 Å². The van der Waals surface area contributed by atoms with Gasteiger partial charge in [0.15, 0.2) is 11.5 Å². The fourth-order valence-electron chi connectivity index (χ4n) is 2.60. The van der Waals surface area contributed by atoms with Gasteiger partial charge in [-0.1, -0.05) is 0 Å². The zero-order chi connectivity index (χ0) is 15.1. The molecule has 0 saturated heterocycles. The second-order valence-corrected chi connectivity index (χ2v) is 5.22. The van der Waals surface area contributed by atoms with E-state index in [-0.39, 0.29) is 12.7 Å². The molecule has 2 aromatic carbocycles. The second kappa shape index (κ2) is 4.80. The maximum Gasteiger partial charge on any atom is 0.255 e. The van der Waals surface area contributed by atoms with Gasteiger partial charge in [-0.2, -0.15) is 0 Å². The summed E-state index contributed by atoms with van der Waals surface area (Å²) in [6.45, 7) is 0.199. The first-order chi connectivity index (χ1) is 10.7. The summed E-state index contributed by atoms with van der Waals surface area (Å²) in [7, 11) is 1.99. The lowest BCUT2D eigenvalue weighted by atomic mass is 10.1. The van der Waals surface area contributed by atoms with Gasteiger partial charge >= 0.3 is 0 Å². The predicted molar refractivity (Wildman–Crippen MR) is 83.4 cm³/mol. The predicted octanol–water partition coefficient (Wildman–Crippen LogP) is 3.16. The average Bonchev–Trinajstić information content (AvgIpc) is 3.13. The molecule has 0 spiro atoms. The van der Waals surface area contributed by atoms with Crippen LogP contribution in [0.3, 0.4) is 0 Å². The van der Waals surface area contributed by atoms with Crippen molar-refractivity contribution in [3.05, 3.63) is 54.2 Å². The lowest BCUT2D eigenvalue weighted by Crippen LogP contribution is -2.11. The van der Waals surface area contributed by atoms with Crippen molar-refractivity contribution in [1.29, 1.82) is 0 Å². The number of aryl methyl sites for hydroxylation is 1. The molecular formula is C17H14N2O3. The first-order valence-electron chi connectivity index (χ1n) is 6.97. The number of hydrogen-bond donors (Lipinski definition) is 1. The van der Waals surface area contributed by atoms with Crippen LogP contribution < -0.4 is 14.8 Å². The quantitative estimate of drug-likeness (QED) is 0.790. The highest BCUT2D eigenvalue weighted by Crippen LogP contribution is 2.32. The molecule has 4 rings (SSSR count). The molecule has 0 aliphatic carbocycles. The lowest BCUT2D eigenvalue weighted by molar-refractivity contribution is 0.102. The molecule has 0 radical (unpaired) electrons. The standard InChI is InChI=1S/C17H14N2O3/c1-19-7-6-11-8-13(3-4-14(11)19)18-17(20)12-2-5-15-16(9-12)22-10-21-15/h2-9H,10H2,1H3,(H,18,20). The molecule has 2 heterocycles. The maximum atomic E-state index is 12.3. The Balaban J connectivity index is 1.60. The lowest BCUT2D eigenvalue weighted by Gasteiger charge is -2.07. The molecule has 1 aliphatic rings. The smallest absolute Gasteiger partial charge is 0.255 e. The summed E-state index contributed by atoms with van der Waals surface area (Å²) in [5.41, 5.74) is 2.43. The minimum Gasteiger partial charge on any atom is -0.454 e. The summed E-state index contributed by atoms with van der Waals surface area (Å²) < 4.78 is 12.6. The van der Waals surface area contributed by atoms with Gasteiger partial charge in [0.25, 0.3) is 5.91 Å². The zero-order valence-corrected chi connectivity index (χ0v) is 12.0. The van der Waals surface area contributed by atoms with Gasteiger partial charge in [0, 0.05) is 35.4 Å². The van der Waals surface area contributed by atoms with E-state index in [1.54, 1.807) is 18.2 Å². The maximum absolute atomic E-state index is 12.3. The molecule has 5 heteroatoms. The number of carbonyl (C=O) groups is 1. The second-order valence-electron chi connectivity index (χ2n) is 5.22. The van der Waals surface area contributed by atoms with Gasteiger partial charge in [-0.05, 0) is 42.5 Å². The van der Waals surface area contributed by atoms with Crippen LogP contribution in [-0.4, -0.2) is 17.3 Å². The summed E-state index contributed by atoms with van der Waals surface area (Å²) in [5, 5.41) is 4.00. The fourth-order valence-corrected chi connectivity index (χ4v) is 2.60. The SMILES string of the molecule is Cn1ccc2cc(NC(=O)c3ccc4c(c3)OCO4)ccc21. The first kappa shape index (κ1) is 12.8. The third kappa shape index (κ3) is 2.07. The number of nitrogens with zero attached hydrogens (tertiary/aromatic N) is 1. The molecule has 3 aromatic rings. The van der Waals surface area contributed by atoms with E-state index in [4.69, 9.17) is 9.47 Å². The Hall–Kier alpha value is -2.95. The molecule has 0 saturated carbocycles. The van der Waals surface area contributed by atoms with E-state index in [1.165, 1.54) is 0 Å². The molecule has 1 amide bonds. The number of carbonyl (C=O) groups excluding carboxylic acids is 1. The van der Waals surface area contributed by atoms with Crippen molar-refractivity contribution in [3.63, 3.8) is 0 Å². The normalized spacial score (nSPS) is 12.6. The van der Waals surface area contributed by atoms with Crippen molar-refractivity contribution in [1.82, 2.24) is 4.57 Å². The van der Waals surface area contributed by atoms with E-state index in [0.717, 1.165) is 16.6 Å². The highest BCUT2D eigenvalue weighted by Gasteiger charge is 2.16. The van der Waals surface area contributed by atoms with Crippen LogP contribution in [0, 0.1) is 0 Å². The highest BCUT2D eigenvalue weighted by atomic mass is 16.7. The van der Waals surface area contributed by atoms with Crippen LogP contribution in [0.4, 0.5) is 5.69 Å². The third-order valence-corrected chi connectivity index (χ3v) is 3.78. The molecule has 110 valence electrons. The summed E-state index contributed by atoms with van der Waals surface area (Å²) >= 11 is 0. The van der Waals surface area contributed by atoms with Crippen molar-refractivity contribution in [2.75, 3.05) is 12.1 Å². The van der Waals surface area contributed by atoms with Crippen molar-refractivity contribution in [3.8, 4) is 11.5 Å².